The van der Waals surface area contributed by atoms with Crippen LogP contribution in [0.1, 0.15) is 90.2 Å². The minimum Gasteiger partial charge on any atom is -0.371 e. The molecule has 0 fully saturated rings. The molecule has 40 heavy (non-hydrogen) atoms. The fraction of sp³-hybridized carbons (Fsp3) is 0.421. The number of hydrogen-bond acceptors (Lipinski definition) is 2. The van der Waals surface area contributed by atoms with E-state index < -0.39 is 0 Å². The van der Waals surface area contributed by atoms with Crippen LogP contribution in [0.5, 0.6) is 0 Å². The molecule has 0 radical (unpaired) electrons. The first kappa shape index (κ1) is 29.7. The first-order valence-corrected chi connectivity index (χ1v) is 15.9. The smallest absolute Gasteiger partial charge is 0.0460 e. The van der Waals surface area contributed by atoms with E-state index in [4.69, 9.17) is 0 Å². The van der Waals surface area contributed by atoms with Gasteiger partial charge in [-0.25, -0.2) is 0 Å². The molecule has 0 aromatic heterocycles. The van der Waals surface area contributed by atoms with Crippen molar-refractivity contribution in [1.82, 2.24) is 0 Å². The predicted octanol–water partition coefficient (Wildman–Crippen LogP) is 11.0. The standard InChI is InChI=1S/C38H50N2/c1-5-9-24-39(25-10-6-2)36-23-22-32(38(30-36)40(26-11-7-3)27-12-8-4)21-20-31-18-15-19-35-28-33-16-13-14-17-34(33)29-37(31)35/h13-23,28-30H,5-12,24-27H2,1-4H3/b21-20+. The monoisotopic (exact) mass is 534 g/mol. The fourth-order valence-electron chi connectivity index (χ4n) is 5.58. The summed E-state index contributed by atoms with van der Waals surface area (Å²) in [6.07, 6.45) is 14.5. The van der Waals surface area contributed by atoms with Crippen molar-refractivity contribution < 1.29 is 0 Å². The third kappa shape index (κ3) is 7.68. The van der Waals surface area contributed by atoms with Crippen LogP contribution in [0.3, 0.4) is 0 Å². The second-order valence-corrected chi connectivity index (χ2v) is 11.2. The third-order valence-corrected chi connectivity index (χ3v) is 8.07. The molecule has 0 atom stereocenters. The lowest BCUT2D eigenvalue weighted by atomic mass is 9.99. The van der Waals surface area contributed by atoms with Gasteiger partial charge in [0.05, 0.1) is 0 Å². The van der Waals surface area contributed by atoms with E-state index in [0.717, 1.165) is 26.2 Å². The van der Waals surface area contributed by atoms with Crippen molar-refractivity contribution in [3.8, 4) is 0 Å². The van der Waals surface area contributed by atoms with Gasteiger partial charge >= 0.3 is 0 Å². The fourth-order valence-corrected chi connectivity index (χ4v) is 5.58. The molecule has 2 nitrogen and oxygen atoms in total. The first-order valence-electron chi connectivity index (χ1n) is 15.9. The van der Waals surface area contributed by atoms with E-state index >= 15 is 0 Å². The number of anilines is 2. The molecule has 0 aliphatic carbocycles. The highest BCUT2D eigenvalue weighted by Crippen LogP contribution is 2.32. The Labute approximate surface area is 243 Å². The maximum absolute atomic E-state index is 2.66. The molecular weight excluding hydrogens is 484 g/mol. The van der Waals surface area contributed by atoms with Crippen LogP contribution in [0.15, 0.2) is 72.8 Å². The minimum atomic E-state index is 1.12. The van der Waals surface area contributed by atoms with Crippen LogP contribution >= 0.6 is 0 Å². The van der Waals surface area contributed by atoms with Crippen LogP contribution in [0.25, 0.3) is 33.7 Å². The highest BCUT2D eigenvalue weighted by atomic mass is 15.1. The number of nitrogens with zero attached hydrogens (tertiary/aromatic N) is 2. The van der Waals surface area contributed by atoms with Crippen LogP contribution < -0.4 is 9.80 Å². The van der Waals surface area contributed by atoms with Gasteiger partial charge in [0.15, 0.2) is 0 Å². The van der Waals surface area contributed by atoms with Gasteiger partial charge in [0, 0.05) is 37.6 Å². The Hall–Kier alpha value is -3.26. The second kappa shape index (κ2) is 15.5. The van der Waals surface area contributed by atoms with Crippen LogP contribution in [-0.4, -0.2) is 26.2 Å². The molecule has 0 N–H and O–H groups in total. The molecular formula is C38H50N2. The van der Waals surface area contributed by atoms with Gasteiger partial charge < -0.3 is 9.80 Å². The number of rotatable bonds is 16. The number of fused-ring (bicyclic) bond motifs is 2. The summed E-state index contributed by atoms with van der Waals surface area (Å²) in [7, 11) is 0. The zero-order valence-corrected chi connectivity index (χ0v) is 25.5. The Kier molecular flexibility index (Phi) is 11.5. The normalized spacial score (nSPS) is 11.6. The third-order valence-electron chi connectivity index (χ3n) is 8.07. The van der Waals surface area contributed by atoms with Gasteiger partial charge in [-0.3, -0.25) is 0 Å². The summed E-state index contributed by atoms with van der Waals surface area (Å²) in [6.45, 7) is 13.7. The Morgan fingerprint density at radius 1 is 0.500 bits per heavy atom. The molecule has 0 unspecified atom stereocenters. The van der Waals surface area contributed by atoms with E-state index in [1.54, 1.807) is 0 Å². The van der Waals surface area contributed by atoms with E-state index in [2.05, 4.69) is 122 Å². The van der Waals surface area contributed by atoms with Crippen molar-refractivity contribution in [1.29, 1.82) is 0 Å². The van der Waals surface area contributed by atoms with Gasteiger partial charge in [-0.05, 0) is 82.6 Å². The van der Waals surface area contributed by atoms with Gasteiger partial charge in [-0.2, -0.15) is 0 Å². The lowest BCUT2D eigenvalue weighted by Crippen LogP contribution is -2.28. The molecule has 0 heterocycles. The van der Waals surface area contributed by atoms with Crippen molar-refractivity contribution in [2.45, 2.75) is 79.1 Å². The lowest BCUT2D eigenvalue weighted by molar-refractivity contribution is 0.671. The molecule has 0 bridgehead atoms. The van der Waals surface area contributed by atoms with Gasteiger partial charge in [0.25, 0.3) is 0 Å². The molecule has 0 spiro atoms. The quantitative estimate of drug-likeness (QED) is 0.104. The number of benzene rings is 4. The van der Waals surface area contributed by atoms with Crippen molar-refractivity contribution >= 4 is 45.1 Å². The Balaban J connectivity index is 1.76. The van der Waals surface area contributed by atoms with Gasteiger partial charge in [0.2, 0.25) is 0 Å². The summed E-state index contributed by atoms with van der Waals surface area (Å²) in [5.74, 6) is 0. The van der Waals surface area contributed by atoms with Crippen LogP contribution in [-0.2, 0) is 0 Å². The maximum atomic E-state index is 2.66. The summed E-state index contributed by atoms with van der Waals surface area (Å²) < 4.78 is 0. The Morgan fingerprint density at radius 3 is 1.68 bits per heavy atom. The van der Waals surface area contributed by atoms with E-state index in [0.29, 0.717) is 0 Å². The maximum Gasteiger partial charge on any atom is 0.0460 e. The molecule has 0 saturated heterocycles. The number of unbranched alkanes of at least 4 members (excludes halogenated alkanes) is 4. The van der Waals surface area contributed by atoms with Gasteiger partial charge in [0.1, 0.15) is 0 Å². The Morgan fingerprint density at radius 2 is 1.05 bits per heavy atom. The summed E-state index contributed by atoms with van der Waals surface area (Å²) >= 11 is 0. The van der Waals surface area contributed by atoms with Crippen molar-refractivity contribution in [2.75, 3.05) is 36.0 Å². The van der Waals surface area contributed by atoms with E-state index in [1.807, 2.05) is 0 Å². The molecule has 4 rings (SSSR count). The minimum absolute atomic E-state index is 1.12. The topological polar surface area (TPSA) is 6.48 Å². The molecule has 0 aliphatic heterocycles. The summed E-state index contributed by atoms with van der Waals surface area (Å²) in [6, 6.07) is 27.3. The van der Waals surface area contributed by atoms with Gasteiger partial charge in [-0.1, -0.05) is 114 Å². The number of hydrogen-bond donors (Lipinski definition) is 0. The molecule has 212 valence electrons. The van der Waals surface area contributed by atoms with E-state index in [1.165, 1.54) is 95.4 Å². The zero-order valence-electron chi connectivity index (χ0n) is 25.5. The van der Waals surface area contributed by atoms with Crippen LogP contribution in [0, 0.1) is 0 Å². The average molecular weight is 535 g/mol. The molecule has 2 heteroatoms. The predicted molar refractivity (Wildman–Crippen MR) is 181 cm³/mol. The van der Waals surface area contributed by atoms with E-state index in [-0.39, 0.29) is 0 Å². The van der Waals surface area contributed by atoms with E-state index in [9.17, 15) is 0 Å². The first-order chi connectivity index (χ1) is 19.7. The molecule has 4 aromatic carbocycles. The molecule has 0 aliphatic rings. The van der Waals surface area contributed by atoms with Crippen molar-refractivity contribution in [3.63, 3.8) is 0 Å². The molecule has 4 aromatic rings. The molecule has 0 saturated carbocycles. The van der Waals surface area contributed by atoms with Crippen LogP contribution in [0.4, 0.5) is 11.4 Å². The molecule has 0 amide bonds. The summed E-state index contributed by atoms with van der Waals surface area (Å²) in [5, 5.41) is 5.21. The lowest BCUT2D eigenvalue weighted by Gasteiger charge is -2.30. The Bertz CT molecular complexity index is 1350. The summed E-state index contributed by atoms with van der Waals surface area (Å²) in [5.41, 5.74) is 5.36. The van der Waals surface area contributed by atoms with Crippen LogP contribution in [0.2, 0.25) is 0 Å². The highest BCUT2D eigenvalue weighted by molar-refractivity contribution is 6.02. The van der Waals surface area contributed by atoms with Crippen molar-refractivity contribution in [2.24, 2.45) is 0 Å². The SMILES string of the molecule is CCCCN(CCCC)c1ccc(/C=C/c2cccc3cc4ccccc4cc23)c(N(CCCC)CCCC)c1. The zero-order chi connectivity index (χ0) is 28.2. The highest BCUT2D eigenvalue weighted by Gasteiger charge is 2.14. The largest absolute Gasteiger partial charge is 0.371 e. The second-order valence-electron chi connectivity index (χ2n) is 11.2. The summed E-state index contributed by atoms with van der Waals surface area (Å²) in [4.78, 5) is 5.28. The van der Waals surface area contributed by atoms with Crippen molar-refractivity contribution in [3.05, 3.63) is 83.9 Å². The van der Waals surface area contributed by atoms with Gasteiger partial charge in [-0.15, -0.1) is 0 Å². The average Bonchev–Trinajstić information content (AvgIpc) is 2.99.